The minimum Gasteiger partial charge on any atom is -0.267 e. The molecule has 0 aliphatic heterocycles. The summed E-state index contributed by atoms with van der Waals surface area (Å²) < 4.78 is 1.48. The van der Waals surface area contributed by atoms with Crippen molar-refractivity contribution in [1.29, 1.82) is 0 Å². The fourth-order valence-electron chi connectivity index (χ4n) is 2.14. The number of rotatable bonds is 3. The minimum atomic E-state index is -0.524. The summed E-state index contributed by atoms with van der Waals surface area (Å²) in [4.78, 5) is 24.7. The van der Waals surface area contributed by atoms with Gasteiger partial charge in [-0.25, -0.2) is 4.68 Å². The molecule has 0 radical (unpaired) electrons. The Bertz CT molecular complexity index is 875. The molecule has 0 bridgehead atoms. The Balaban J connectivity index is 1.78. The van der Waals surface area contributed by atoms with E-state index >= 15 is 0 Å². The third-order valence-corrected chi connectivity index (χ3v) is 4.48. The van der Waals surface area contributed by atoms with Crippen LogP contribution in [0.1, 0.15) is 25.7 Å². The molecule has 3 aromatic rings. The predicted octanol–water partition coefficient (Wildman–Crippen LogP) is 2.97. The summed E-state index contributed by atoms with van der Waals surface area (Å²) in [5, 5.41) is 6.25. The Labute approximate surface area is 147 Å². The third-order valence-electron chi connectivity index (χ3n) is 3.27. The number of para-hydroxylation sites is 1. The van der Waals surface area contributed by atoms with E-state index in [0.29, 0.717) is 10.6 Å². The molecule has 0 saturated heterocycles. The van der Waals surface area contributed by atoms with Gasteiger partial charge in [-0.15, -0.1) is 11.3 Å². The lowest BCUT2D eigenvalue weighted by Gasteiger charge is -2.06. The van der Waals surface area contributed by atoms with Gasteiger partial charge in [0.2, 0.25) is 0 Å². The van der Waals surface area contributed by atoms with Gasteiger partial charge < -0.3 is 0 Å². The molecule has 0 spiro atoms. The van der Waals surface area contributed by atoms with Gasteiger partial charge in [-0.2, -0.15) is 5.10 Å². The maximum absolute atomic E-state index is 12.3. The number of carbonyl (C=O) groups is 2. The maximum atomic E-state index is 12.3. The smallest absolute Gasteiger partial charge is 0.267 e. The molecule has 0 fully saturated rings. The number of aromatic nitrogens is 2. The van der Waals surface area contributed by atoms with Crippen molar-refractivity contribution in [3.05, 3.63) is 69.1 Å². The molecule has 2 N–H and O–H groups in total. The fourth-order valence-corrected chi connectivity index (χ4v) is 3.12. The maximum Gasteiger partial charge on any atom is 0.279 e. The van der Waals surface area contributed by atoms with E-state index in [2.05, 4.69) is 16.0 Å². The highest BCUT2D eigenvalue weighted by Crippen LogP contribution is 2.23. The number of thiophene rings is 1. The number of nitrogens with one attached hydrogen (secondary N) is 2. The fraction of sp³-hybridized carbons (Fsp3) is 0.0625. The van der Waals surface area contributed by atoms with Crippen molar-refractivity contribution in [2.24, 2.45) is 0 Å². The average Bonchev–Trinajstić information content (AvgIpc) is 3.22. The van der Waals surface area contributed by atoms with Gasteiger partial charge in [-0.3, -0.25) is 20.4 Å². The quantitative estimate of drug-likeness (QED) is 0.705. The lowest BCUT2D eigenvalue weighted by Crippen LogP contribution is -2.41. The highest BCUT2D eigenvalue weighted by Gasteiger charge is 2.21. The van der Waals surface area contributed by atoms with Crippen molar-refractivity contribution in [2.75, 3.05) is 0 Å². The first-order valence-electron chi connectivity index (χ1n) is 7.02. The summed E-state index contributed by atoms with van der Waals surface area (Å²) in [5.74, 6) is -0.910. The molecule has 0 unspecified atom stereocenters. The molecule has 0 saturated carbocycles. The van der Waals surface area contributed by atoms with E-state index in [1.807, 2.05) is 30.3 Å². The monoisotopic (exact) mass is 360 g/mol. The van der Waals surface area contributed by atoms with Crippen LogP contribution in [0.25, 0.3) is 5.69 Å². The number of hydrogen-bond acceptors (Lipinski definition) is 4. The molecule has 0 aliphatic carbocycles. The van der Waals surface area contributed by atoms with Crippen LogP contribution in [0.5, 0.6) is 0 Å². The van der Waals surface area contributed by atoms with Crippen LogP contribution in [0.2, 0.25) is 5.15 Å². The lowest BCUT2D eigenvalue weighted by molar-refractivity contribution is 0.0848. The molecule has 3 rings (SSSR count). The van der Waals surface area contributed by atoms with Crippen LogP contribution in [0, 0.1) is 6.92 Å². The first-order chi connectivity index (χ1) is 11.6. The van der Waals surface area contributed by atoms with Gasteiger partial charge in [0.15, 0.2) is 0 Å². The van der Waals surface area contributed by atoms with Crippen molar-refractivity contribution in [3.8, 4) is 5.69 Å². The molecule has 122 valence electrons. The summed E-state index contributed by atoms with van der Waals surface area (Å²) in [5.41, 5.74) is 6.15. The van der Waals surface area contributed by atoms with E-state index < -0.39 is 5.91 Å². The van der Waals surface area contributed by atoms with Gasteiger partial charge in [-0.1, -0.05) is 35.9 Å². The van der Waals surface area contributed by atoms with Crippen LogP contribution < -0.4 is 10.9 Å². The second-order valence-corrected chi connectivity index (χ2v) is 6.19. The molecule has 2 amide bonds. The largest absolute Gasteiger partial charge is 0.279 e. The Kier molecular flexibility index (Phi) is 4.64. The minimum absolute atomic E-state index is 0.182. The number of carbonyl (C=O) groups excluding carboxylic acids is 2. The molecule has 24 heavy (non-hydrogen) atoms. The van der Waals surface area contributed by atoms with Gasteiger partial charge in [0.05, 0.1) is 16.3 Å². The summed E-state index contributed by atoms with van der Waals surface area (Å²) >= 11 is 7.58. The van der Waals surface area contributed by atoms with Gasteiger partial charge in [0.25, 0.3) is 11.8 Å². The number of nitrogens with zero attached hydrogens (tertiary/aromatic N) is 2. The highest BCUT2D eigenvalue weighted by atomic mass is 35.5. The van der Waals surface area contributed by atoms with Crippen LogP contribution in [-0.4, -0.2) is 21.6 Å². The second-order valence-electron chi connectivity index (χ2n) is 4.88. The molecule has 2 heterocycles. The predicted molar refractivity (Wildman–Crippen MR) is 92.6 cm³/mol. The number of benzene rings is 1. The van der Waals surface area contributed by atoms with E-state index in [4.69, 9.17) is 11.6 Å². The molecule has 8 heteroatoms. The average molecular weight is 361 g/mol. The number of aryl methyl sites for hydroxylation is 1. The number of amides is 2. The van der Waals surface area contributed by atoms with E-state index in [1.165, 1.54) is 16.0 Å². The SMILES string of the molecule is Cc1nn(-c2ccccc2)c(Cl)c1C(=O)NNC(=O)c1cccs1. The zero-order valence-electron chi connectivity index (χ0n) is 12.6. The summed E-state index contributed by atoms with van der Waals surface area (Å²) in [6.07, 6.45) is 0. The van der Waals surface area contributed by atoms with Crippen LogP contribution in [-0.2, 0) is 0 Å². The van der Waals surface area contributed by atoms with Gasteiger partial charge in [-0.05, 0) is 30.5 Å². The van der Waals surface area contributed by atoms with Gasteiger partial charge in [0, 0.05) is 0 Å². The number of halogens is 1. The highest BCUT2D eigenvalue weighted by molar-refractivity contribution is 7.12. The topological polar surface area (TPSA) is 76.0 Å². The van der Waals surface area contributed by atoms with Crippen molar-refractivity contribution in [3.63, 3.8) is 0 Å². The molecule has 0 atom stereocenters. The Morgan fingerprint density at radius 1 is 1.08 bits per heavy atom. The second kappa shape index (κ2) is 6.86. The summed E-state index contributed by atoms with van der Waals surface area (Å²) in [6, 6.07) is 12.7. The van der Waals surface area contributed by atoms with Crippen LogP contribution >= 0.6 is 22.9 Å². The summed E-state index contributed by atoms with van der Waals surface area (Å²) in [6.45, 7) is 1.68. The van der Waals surface area contributed by atoms with Crippen molar-refractivity contribution in [2.45, 2.75) is 6.92 Å². The van der Waals surface area contributed by atoms with Crippen LogP contribution in [0.3, 0.4) is 0 Å². The van der Waals surface area contributed by atoms with Crippen LogP contribution in [0.4, 0.5) is 0 Å². The van der Waals surface area contributed by atoms with Crippen LogP contribution in [0.15, 0.2) is 47.8 Å². The normalized spacial score (nSPS) is 10.4. The number of hydrazine groups is 1. The molecule has 6 nitrogen and oxygen atoms in total. The Morgan fingerprint density at radius 2 is 1.79 bits per heavy atom. The first kappa shape index (κ1) is 16.2. The molecule has 1 aromatic carbocycles. The zero-order valence-corrected chi connectivity index (χ0v) is 14.2. The zero-order chi connectivity index (χ0) is 17.1. The lowest BCUT2D eigenvalue weighted by atomic mass is 10.2. The summed E-state index contributed by atoms with van der Waals surface area (Å²) in [7, 11) is 0. The molecule has 2 aromatic heterocycles. The molecule has 0 aliphatic rings. The van der Waals surface area contributed by atoms with Crippen molar-refractivity contribution in [1.82, 2.24) is 20.6 Å². The third kappa shape index (κ3) is 3.17. The van der Waals surface area contributed by atoms with Crippen molar-refractivity contribution >= 4 is 34.8 Å². The van der Waals surface area contributed by atoms with Gasteiger partial charge in [0.1, 0.15) is 10.7 Å². The van der Waals surface area contributed by atoms with Crippen molar-refractivity contribution < 1.29 is 9.59 Å². The molecular formula is C16H13ClN4O2S. The Hall–Kier alpha value is -2.64. The standard InChI is InChI=1S/C16H13ClN4O2S/c1-10-13(14(17)21(20-10)11-6-3-2-4-7-11)16(23)19-18-15(22)12-8-5-9-24-12/h2-9H,1H3,(H,18,22)(H,19,23). The Morgan fingerprint density at radius 3 is 2.46 bits per heavy atom. The van der Waals surface area contributed by atoms with E-state index in [9.17, 15) is 9.59 Å². The van der Waals surface area contributed by atoms with E-state index in [1.54, 1.807) is 24.4 Å². The molecular weight excluding hydrogens is 348 g/mol. The first-order valence-corrected chi connectivity index (χ1v) is 8.28. The van der Waals surface area contributed by atoms with Gasteiger partial charge >= 0.3 is 0 Å². The van der Waals surface area contributed by atoms with E-state index in [0.717, 1.165) is 5.69 Å². The van der Waals surface area contributed by atoms with E-state index in [-0.39, 0.29) is 16.6 Å². The number of hydrogen-bond donors (Lipinski definition) is 2.